The fourth-order valence-electron chi connectivity index (χ4n) is 1.95. The van der Waals surface area contributed by atoms with Crippen LogP contribution in [-0.2, 0) is 14.3 Å². The number of nitrogens with two attached hydrogens (primary N) is 1. The summed E-state index contributed by atoms with van der Waals surface area (Å²) in [4.78, 5) is 24.5. The number of amides is 2. The van der Waals surface area contributed by atoms with Crippen LogP contribution in [0.15, 0.2) is 18.2 Å². The van der Waals surface area contributed by atoms with E-state index in [0.717, 1.165) is 12.1 Å². The molecular formula is C13H14F2N2O4. The van der Waals surface area contributed by atoms with Crippen molar-refractivity contribution in [1.82, 2.24) is 4.90 Å². The average Bonchev–Trinajstić information content (AvgIpc) is 2.46. The minimum Gasteiger partial charge on any atom is -0.481 e. The summed E-state index contributed by atoms with van der Waals surface area (Å²) in [6, 6.07) is 1.89. The van der Waals surface area contributed by atoms with Gasteiger partial charge in [0.2, 0.25) is 5.91 Å². The van der Waals surface area contributed by atoms with Crippen molar-refractivity contribution in [2.24, 2.45) is 5.73 Å². The first-order valence-corrected chi connectivity index (χ1v) is 6.23. The number of hydrogen-bond donors (Lipinski definition) is 1. The third-order valence-electron chi connectivity index (χ3n) is 3.02. The van der Waals surface area contributed by atoms with E-state index in [9.17, 15) is 18.4 Å². The summed E-state index contributed by atoms with van der Waals surface area (Å²) in [5.41, 5.74) is 5.19. The number of hydrogen-bond acceptors (Lipinski definition) is 4. The largest absolute Gasteiger partial charge is 0.481 e. The van der Waals surface area contributed by atoms with Gasteiger partial charge >= 0.3 is 0 Å². The first-order chi connectivity index (χ1) is 9.99. The van der Waals surface area contributed by atoms with Gasteiger partial charge in [0.05, 0.1) is 13.2 Å². The smallest absolute Gasteiger partial charge is 0.261 e. The standard InChI is InChI=1S/C13H14F2N2O4/c14-8-1-2-11(9(15)5-8)21-7-12(18)17-3-4-20-6-10(17)13(16)19/h1-2,5,10H,3-4,6-7H2,(H2,16,19). The SMILES string of the molecule is NC(=O)C1COCCN1C(=O)COc1ccc(F)cc1F. The van der Waals surface area contributed by atoms with Gasteiger partial charge in [0.15, 0.2) is 18.2 Å². The van der Waals surface area contributed by atoms with Crippen molar-refractivity contribution in [2.75, 3.05) is 26.4 Å². The van der Waals surface area contributed by atoms with E-state index in [4.69, 9.17) is 15.2 Å². The number of benzene rings is 1. The van der Waals surface area contributed by atoms with Gasteiger partial charge in [-0.1, -0.05) is 0 Å². The van der Waals surface area contributed by atoms with Gasteiger partial charge in [0.1, 0.15) is 11.9 Å². The molecule has 1 aromatic rings. The van der Waals surface area contributed by atoms with E-state index in [-0.39, 0.29) is 25.5 Å². The Morgan fingerprint density at radius 1 is 1.43 bits per heavy atom. The molecule has 1 saturated heterocycles. The minimum atomic E-state index is -0.906. The van der Waals surface area contributed by atoms with Gasteiger partial charge in [-0.25, -0.2) is 8.78 Å². The van der Waals surface area contributed by atoms with Gasteiger partial charge in [0, 0.05) is 12.6 Å². The summed E-state index contributed by atoms with van der Waals surface area (Å²) in [7, 11) is 0. The number of ether oxygens (including phenoxy) is 2. The van der Waals surface area contributed by atoms with Gasteiger partial charge in [0.25, 0.3) is 5.91 Å². The predicted molar refractivity (Wildman–Crippen MR) is 67.4 cm³/mol. The summed E-state index contributed by atoms with van der Waals surface area (Å²) in [5.74, 6) is -3.10. The van der Waals surface area contributed by atoms with Crippen molar-refractivity contribution >= 4 is 11.8 Å². The Hall–Kier alpha value is -2.22. The first-order valence-electron chi connectivity index (χ1n) is 6.23. The van der Waals surface area contributed by atoms with Crippen molar-refractivity contribution < 1.29 is 27.8 Å². The molecule has 1 heterocycles. The lowest BCUT2D eigenvalue weighted by Crippen LogP contribution is -2.55. The maximum atomic E-state index is 13.4. The van der Waals surface area contributed by atoms with Crippen LogP contribution in [-0.4, -0.2) is 49.1 Å². The highest BCUT2D eigenvalue weighted by Gasteiger charge is 2.31. The Labute approximate surface area is 119 Å². The molecule has 1 unspecified atom stereocenters. The Morgan fingerprint density at radius 3 is 2.86 bits per heavy atom. The quantitative estimate of drug-likeness (QED) is 0.852. The minimum absolute atomic E-state index is 0.0198. The molecule has 8 heteroatoms. The number of morpholine rings is 1. The lowest BCUT2D eigenvalue weighted by molar-refractivity contribution is -0.148. The molecule has 2 N–H and O–H groups in total. The molecule has 1 aromatic carbocycles. The molecule has 114 valence electrons. The molecule has 1 aliphatic heterocycles. The highest BCUT2D eigenvalue weighted by Crippen LogP contribution is 2.18. The molecule has 0 bridgehead atoms. The molecule has 0 spiro atoms. The maximum absolute atomic E-state index is 13.4. The first kappa shape index (κ1) is 15.2. The zero-order chi connectivity index (χ0) is 15.4. The van der Waals surface area contributed by atoms with Gasteiger partial charge in [-0.3, -0.25) is 9.59 Å². The van der Waals surface area contributed by atoms with E-state index in [1.54, 1.807) is 0 Å². The molecule has 0 aliphatic carbocycles. The molecule has 0 aromatic heterocycles. The third kappa shape index (κ3) is 3.66. The number of carbonyl (C=O) groups is 2. The summed E-state index contributed by atoms with van der Waals surface area (Å²) < 4.78 is 36.2. The summed E-state index contributed by atoms with van der Waals surface area (Å²) in [6.45, 7) is 0.0143. The zero-order valence-electron chi connectivity index (χ0n) is 11.1. The van der Waals surface area contributed by atoms with Crippen LogP contribution in [0.2, 0.25) is 0 Å². The fourth-order valence-corrected chi connectivity index (χ4v) is 1.95. The van der Waals surface area contributed by atoms with Gasteiger partial charge in [-0.05, 0) is 12.1 Å². The Balaban J connectivity index is 1.98. The molecule has 2 rings (SSSR count). The Morgan fingerprint density at radius 2 is 2.19 bits per heavy atom. The number of nitrogens with zero attached hydrogens (tertiary/aromatic N) is 1. The van der Waals surface area contributed by atoms with E-state index in [1.807, 2.05) is 0 Å². The molecule has 0 radical (unpaired) electrons. The third-order valence-corrected chi connectivity index (χ3v) is 3.02. The number of halogens is 2. The van der Waals surface area contributed by atoms with Crippen LogP contribution in [0, 0.1) is 11.6 Å². The van der Waals surface area contributed by atoms with Crippen LogP contribution in [0.1, 0.15) is 0 Å². The van der Waals surface area contributed by atoms with Crippen molar-refractivity contribution in [1.29, 1.82) is 0 Å². The van der Waals surface area contributed by atoms with Crippen LogP contribution < -0.4 is 10.5 Å². The predicted octanol–water partition coefficient (Wildman–Crippen LogP) is 0.0563. The second-order valence-electron chi connectivity index (χ2n) is 4.44. The normalized spacial score (nSPS) is 18.4. The van der Waals surface area contributed by atoms with E-state index in [1.165, 1.54) is 4.90 Å². The molecule has 1 fully saturated rings. The highest BCUT2D eigenvalue weighted by atomic mass is 19.1. The van der Waals surface area contributed by atoms with Crippen molar-refractivity contribution in [3.8, 4) is 5.75 Å². The van der Waals surface area contributed by atoms with Crippen molar-refractivity contribution in [2.45, 2.75) is 6.04 Å². The molecule has 1 atom stereocenters. The molecular weight excluding hydrogens is 286 g/mol. The van der Waals surface area contributed by atoms with E-state index in [2.05, 4.69) is 0 Å². The second kappa shape index (κ2) is 6.49. The van der Waals surface area contributed by atoms with Gasteiger partial charge < -0.3 is 20.1 Å². The fraction of sp³-hybridized carbons (Fsp3) is 0.385. The number of rotatable bonds is 4. The van der Waals surface area contributed by atoms with Crippen LogP contribution >= 0.6 is 0 Å². The summed E-state index contributed by atoms with van der Waals surface area (Å²) >= 11 is 0. The molecule has 0 saturated carbocycles. The molecule has 2 amide bonds. The lowest BCUT2D eigenvalue weighted by Gasteiger charge is -2.33. The number of carbonyl (C=O) groups excluding carboxylic acids is 2. The Kier molecular flexibility index (Phi) is 4.69. The van der Waals surface area contributed by atoms with Crippen LogP contribution in [0.3, 0.4) is 0 Å². The summed E-state index contributed by atoms with van der Waals surface area (Å²) in [5, 5.41) is 0. The second-order valence-corrected chi connectivity index (χ2v) is 4.44. The van der Waals surface area contributed by atoms with Crippen molar-refractivity contribution in [3.63, 3.8) is 0 Å². The average molecular weight is 300 g/mol. The van der Waals surface area contributed by atoms with Gasteiger partial charge in [-0.2, -0.15) is 0 Å². The van der Waals surface area contributed by atoms with E-state index in [0.29, 0.717) is 6.07 Å². The monoisotopic (exact) mass is 300 g/mol. The van der Waals surface area contributed by atoms with Gasteiger partial charge in [-0.15, -0.1) is 0 Å². The van der Waals surface area contributed by atoms with Crippen LogP contribution in [0.5, 0.6) is 5.75 Å². The molecule has 21 heavy (non-hydrogen) atoms. The number of primary amides is 1. The van der Waals surface area contributed by atoms with Crippen molar-refractivity contribution in [3.05, 3.63) is 29.8 Å². The Bertz CT molecular complexity index is 553. The summed E-state index contributed by atoms with van der Waals surface area (Å²) in [6.07, 6.45) is 0. The van der Waals surface area contributed by atoms with E-state index < -0.39 is 36.1 Å². The molecule has 1 aliphatic rings. The zero-order valence-corrected chi connectivity index (χ0v) is 11.1. The lowest BCUT2D eigenvalue weighted by atomic mass is 10.2. The van der Waals surface area contributed by atoms with E-state index >= 15 is 0 Å². The highest BCUT2D eigenvalue weighted by molar-refractivity contribution is 5.87. The molecule has 6 nitrogen and oxygen atoms in total. The maximum Gasteiger partial charge on any atom is 0.261 e. The topological polar surface area (TPSA) is 81.9 Å². The van der Waals surface area contributed by atoms with Crippen LogP contribution in [0.25, 0.3) is 0 Å². The van der Waals surface area contributed by atoms with Crippen LogP contribution in [0.4, 0.5) is 8.78 Å².